The summed E-state index contributed by atoms with van der Waals surface area (Å²) in [7, 11) is 0. The summed E-state index contributed by atoms with van der Waals surface area (Å²) in [4.78, 5) is 0. The first-order chi connectivity index (χ1) is 6.68. The number of halogens is 1. The number of β-amino-alcohol motifs (C(OH)–C–C–N with tert-alkyl or cyclic N) is 1. The Morgan fingerprint density at radius 1 is 1.36 bits per heavy atom. The molecule has 1 aromatic rings. The van der Waals surface area contributed by atoms with Crippen LogP contribution < -0.4 is 5.32 Å². The molecule has 2 rings (SSSR count). The minimum atomic E-state index is -0.0648. The van der Waals surface area contributed by atoms with E-state index in [1.54, 1.807) is 0 Å². The lowest BCUT2D eigenvalue weighted by molar-refractivity contribution is 0.196. The van der Waals surface area contributed by atoms with Crippen LogP contribution in [0.2, 0.25) is 5.02 Å². The summed E-state index contributed by atoms with van der Waals surface area (Å²) in [5.74, 6) is 0. The van der Waals surface area contributed by atoms with Gasteiger partial charge in [0, 0.05) is 11.6 Å². The van der Waals surface area contributed by atoms with Gasteiger partial charge in [0.1, 0.15) is 0 Å². The lowest BCUT2D eigenvalue weighted by Crippen LogP contribution is -2.11. The molecule has 14 heavy (non-hydrogen) atoms. The van der Waals surface area contributed by atoms with Crippen molar-refractivity contribution in [2.24, 2.45) is 0 Å². The SMILES string of the molecule is Cc1ccc(Cl)cc1.O[C@H]1CCNC1. The zero-order valence-corrected chi connectivity index (χ0v) is 9.09. The summed E-state index contributed by atoms with van der Waals surface area (Å²) < 4.78 is 0. The van der Waals surface area contributed by atoms with Crippen LogP contribution in [0.3, 0.4) is 0 Å². The third kappa shape index (κ3) is 4.61. The molecule has 78 valence electrons. The molecular weight excluding hydrogens is 198 g/mol. The third-order valence-corrected chi connectivity index (χ3v) is 2.30. The van der Waals surface area contributed by atoms with Crippen molar-refractivity contribution in [2.75, 3.05) is 13.1 Å². The Morgan fingerprint density at radius 2 is 2.00 bits per heavy atom. The zero-order chi connectivity index (χ0) is 10.4. The highest BCUT2D eigenvalue weighted by Crippen LogP contribution is 2.07. The lowest BCUT2D eigenvalue weighted by atomic mass is 10.2. The molecule has 0 unspecified atom stereocenters. The van der Waals surface area contributed by atoms with Crippen molar-refractivity contribution < 1.29 is 5.11 Å². The maximum absolute atomic E-state index is 8.67. The quantitative estimate of drug-likeness (QED) is 0.691. The Labute approximate surface area is 89.9 Å². The molecule has 0 spiro atoms. The highest BCUT2D eigenvalue weighted by Gasteiger charge is 2.08. The van der Waals surface area contributed by atoms with Gasteiger partial charge in [-0.1, -0.05) is 29.3 Å². The van der Waals surface area contributed by atoms with Gasteiger partial charge in [-0.25, -0.2) is 0 Å². The van der Waals surface area contributed by atoms with Gasteiger partial charge in [0.2, 0.25) is 0 Å². The van der Waals surface area contributed by atoms with Gasteiger partial charge in [-0.2, -0.15) is 0 Å². The van der Waals surface area contributed by atoms with E-state index < -0.39 is 0 Å². The minimum absolute atomic E-state index is 0.0648. The standard InChI is InChI=1S/C7H7Cl.C4H9NO/c1-6-2-4-7(8)5-3-6;6-4-1-2-5-3-4/h2-5H,1H3;4-6H,1-3H2/t;4-/m.0/s1. The maximum Gasteiger partial charge on any atom is 0.0676 e. The van der Waals surface area contributed by atoms with Crippen LogP contribution in [0.5, 0.6) is 0 Å². The molecule has 0 bridgehead atoms. The average molecular weight is 214 g/mol. The summed E-state index contributed by atoms with van der Waals surface area (Å²) in [6.07, 6.45) is 0.866. The van der Waals surface area contributed by atoms with Crippen molar-refractivity contribution in [3.8, 4) is 0 Å². The molecule has 1 aromatic carbocycles. The van der Waals surface area contributed by atoms with Gasteiger partial charge in [0.15, 0.2) is 0 Å². The fourth-order valence-electron chi connectivity index (χ4n) is 1.17. The van der Waals surface area contributed by atoms with Gasteiger partial charge in [-0.3, -0.25) is 0 Å². The van der Waals surface area contributed by atoms with Crippen molar-refractivity contribution in [2.45, 2.75) is 19.4 Å². The monoisotopic (exact) mass is 213 g/mol. The van der Waals surface area contributed by atoms with Crippen molar-refractivity contribution >= 4 is 11.6 Å². The fraction of sp³-hybridized carbons (Fsp3) is 0.455. The van der Waals surface area contributed by atoms with Gasteiger partial charge in [0.05, 0.1) is 6.10 Å². The summed E-state index contributed by atoms with van der Waals surface area (Å²) in [6.45, 7) is 3.82. The molecular formula is C11H16ClNO. The van der Waals surface area contributed by atoms with E-state index >= 15 is 0 Å². The van der Waals surface area contributed by atoms with Crippen LogP contribution >= 0.6 is 11.6 Å². The van der Waals surface area contributed by atoms with E-state index in [9.17, 15) is 0 Å². The minimum Gasteiger partial charge on any atom is -0.392 e. The molecule has 1 atom stereocenters. The first-order valence-electron chi connectivity index (χ1n) is 4.79. The number of nitrogens with one attached hydrogen (secondary N) is 1. The second kappa shape index (κ2) is 6.02. The Hall–Kier alpha value is -0.570. The molecule has 1 saturated heterocycles. The van der Waals surface area contributed by atoms with Gasteiger partial charge < -0.3 is 10.4 Å². The van der Waals surface area contributed by atoms with E-state index in [0.29, 0.717) is 0 Å². The topological polar surface area (TPSA) is 32.3 Å². The highest BCUT2D eigenvalue weighted by molar-refractivity contribution is 6.30. The summed E-state index contributed by atoms with van der Waals surface area (Å²) >= 11 is 5.61. The molecule has 0 aromatic heterocycles. The van der Waals surface area contributed by atoms with Crippen LogP contribution in [0.1, 0.15) is 12.0 Å². The smallest absolute Gasteiger partial charge is 0.0676 e. The van der Waals surface area contributed by atoms with E-state index in [1.165, 1.54) is 5.56 Å². The van der Waals surface area contributed by atoms with Crippen molar-refractivity contribution in [1.82, 2.24) is 5.32 Å². The maximum atomic E-state index is 8.67. The summed E-state index contributed by atoms with van der Waals surface area (Å²) in [5, 5.41) is 12.5. The Balaban J connectivity index is 0.000000146. The summed E-state index contributed by atoms with van der Waals surface area (Å²) in [5.41, 5.74) is 1.24. The van der Waals surface area contributed by atoms with Gasteiger partial charge >= 0.3 is 0 Å². The Bertz CT molecular complexity index is 233. The third-order valence-electron chi connectivity index (χ3n) is 2.05. The number of benzene rings is 1. The number of hydrogen-bond acceptors (Lipinski definition) is 2. The van der Waals surface area contributed by atoms with Crippen LogP contribution in [0, 0.1) is 6.92 Å². The molecule has 0 radical (unpaired) electrons. The molecule has 0 aliphatic carbocycles. The number of aryl methyl sites for hydroxylation is 1. The van der Waals surface area contributed by atoms with Gasteiger partial charge in [-0.05, 0) is 32.0 Å². The number of hydrogen-bond donors (Lipinski definition) is 2. The van der Waals surface area contributed by atoms with Gasteiger partial charge in [-0.15, -0.1) is 0 Å². The number of rotatable bonds is 0. The van der Waals surface area contributed by atoms with Crippen LogP contribution in [-0.4, -0.2) is 24.3 Å². The van der Waals surface area contributed by atoms with E-state index in [-0.39, 0.29) is 6.10 Å². The zero-order valence-electron chi connectivity index (χ0n) is 8.33. The second-order valence-corrected chi connectivity index (χ2v) is 3.88. The second-order valence-electron chi connectivity index (χ2n) is 3.44. The average Bonchev–Trinajstić information content (AvgIpc) is 2.63. The molecule has 1 aliphatic heterocycles. The van der Waals surface area contributed by atoms with E-state index in [0.717, 1.165) is 24.5 Å². The molecule has 0 amide bonds. The van der Waals surface area contributed by atoms with Crippen molar-refractivity contribution in [1.29, 1.82) is 0 Å². The lowest BCUT2D eigenvalue weighted by Gasteiger charge is -1.90. The number of aliphatic hydroxyl groups excluding tert-OH is 1. The van der Waals surface area contributed by atoms with Crippen molar-refractivity contribution in [3.63, 3.8) is 0 Å². The molecule has 0 saturated carbocycles. The Kier molecular flexibility index (Phi) is 4.94. The molecule has 2 N–H and O–H groups in total. The van der Waals surface area contributed by atoms with Gasteiger partial charge in [0.25, 0.3) is 0 Å². The van der Waals surface area contributed by atoms with E-state index in [1.807, 2.05) is 31.2 Å². The largest absolute Gasteiger partial charge is 0.392 e. The molecule has 1 fully saturated rings. The van der Waals surface area contributed by atoms with Crippen LogP contribution in [0.25, 0.3) is 0 Å². The fourth-order valence-corrected chi connectivity index (χ4v) is 1.30. The first-order valence-corrected chi connectivity index (χ1v) is 5.17. The predicted molar refractivity (Wildman–Crippen MR) is 59.7 cm³/mol. The molecule has 1 heterocycles. The number of aliphatic hydroxyl groups is 1. The van der Waals surface area contributed by atoms with Crippen LogP contribution in [0.4, 0.5) is 0 Å². The normalized spacial score (nSPS) is 20.1. The van der Waals surface area contributed by atoms with E-state index in [2.05, 4.69) is 5.32 Å². The van der Waals surface area contributed by atoms with E-state index in [4.69, 9.17) is 16.7 Å². The first kappa shape index (κ1) is 11.5. The van der Waals surface area contributed by atoms with Crippen LogP contribution in [0.15, 0.2) is 24.3 Å². The predicted octanol–water partition coefficient (Wildman–Crippen LogP) is 1.99. The molecule has 2 nitrogen and oxygen atoms in total. The summed E-state index contributed by atoms with van der Waals surface area (Å²) in [6, 6.07) is 7.75. The highest BCUT2D eigenvalue weighted by atomic mass is 35.5. The van der Waals surface area contributed by atoms with Crippen molar-refractivity contribution in [3.05, 3.63) is 34.9 Å². The Morgan fingerprint density at radius 3 is 2.29 bits per heavy atom. The molecule has 1 aliphatic rings. The molecule has 3 heteroatoms. The van der Waals surface area contributed by atoms with Crippen LogP contribution in [-0.2, 0) is 0 Å².